The molecule has 1 fully saturated rings. The van der Waals surface area contributed by atoms with Gasteiger partial charge in [-0.1, -0.05) is 6.42 Å². The summed E-state index contributed by atoms with van der Waals surface area (Å²) in [4.78, 5) is 1.95. The van der Waals surface area contributed by atoms with Crippen molar-refractivity contribution in [3.05, 3.63) is 0 Å². The second-order valence-electron chi connectivity index (χ2n) is 3.74. The zero-order chi connectivity index (χ0) is 9.14. The van der Waals surface area contributed by atoms with E-state index >= 15 is 0 Å². The van der Waals surface area contributed by atoms with Gasteiger partial charge in [-0.15, -0.1) is 0 Å². The van der Waals surface area contributed by atoms with Crippen LogP contribution in [-0.2, 0) is 0 Å². The minimum Gasteiger partial charge on any atom is -0.396 e. The first-order chi connectivity index (χ1) is 5.66. The topological polar surface area (TPSA) is 43.7 Å². The van der Waals surface area contributed by atoms with Gasteiger partial charge in [-0.2, -0.15) is 0 Å². The van der Waals surface area contributed by atoms with Gasteiger partial charge in [-0.3, -0.25) is 4.90 Å². The molecule has 0 amide bonds. The standard InChI is InChI=1S/C9H19NO2/c1-7(12)10(2)9-5-3-4-8(9)6-11/h7-9,11-12H,3-6H2,1-2H3. The highest BCUT2D eigenvalue weighted by Gasteiger charge is 2.31. The van der Waals surface area contributed by atoms with Gasteiger partial charge in [-0.05, 0) is 32.7 Å². The zero-order valence-electron chi connectivity index (χ0n) is 7.90. The second-order valence-corrected chi connectivity index (χ2v) is 3.74. The van der Waals surface area contributed by atoms with E-state index in [9.17, 15) is 5.11 Å². The Kier molecular flexibility index (Phi) is 3.50. The summed E-state index contributed by atoms with van der Waals surface area (Å²) < 4.78 is 0. The van der Waals surface area contributed by atoms with Crippen LogP contribution >= 0.6 is 0 Å². The highest BCUT2D eigenvalue weighted by molar-refractivity contribution is 4.83. The van der Waals surface area contributed by atoms with Gasteiger partial charge in [0.2, 0.25) is 0 Å². The molecule has 12 heavy (non-hydrogen) atoms. The molecule has 0 radical (unpaired) electrons. The fourth-order valence-corrected chi connectivity index (χ4v) is 2.04. The molecule has 0 saturated heterocycles. The summed E-state index contributed by atoms with van der Waals surface area (Å²) >= 11 is 0. The van der Waals surface area contributed by atoms with E-state index in [1.165, 1.54) is 6.42 Å². The fourth-order valence-electron chi connectivity index (χ4n) is 2.04. The SMILES string of the molecule is CC(O)N(C)C1CCCC1CO. The van der Waals surface area contributed by atoms with Crippen molar-refractivity contribution in [1.82, 2.24) is 4.90 Å². The molecule has 1 aliphatic carbocycles. The Labute approximate surface area is 74.0 Å². The lowest BCUT2D eigenvalue weighted by atomic mass is 10.0. The van der Waals surface area contributed by atoms with E-state index in [0.29, 0.717) is 12.0 Å². The van der Waals surface area contributed by atoms with Crippen LogP contribution in [0.1, 0.15) is 26.2 Å². The molecular weight excluding hydrogens is 154 g/mol. The Balaban J connectivity index is 2.49. The van der Waals surface area contributed by atoms with Crippen LogP contribution in [0.5, 0.6) is 0 Å². The van der Waals surface area contributed by atoms with Crippen molar-refractivity contribution in [3.63, 3.8) is 0 Å². The van der Waals surface area contributed by atoms with Crippen LogP contribution in [0.2, 0.25) is 0 Å². The van der Waals surface area contributed by atoms with Gasteiger partial charge in [0.05, 0.1) is 0 Å². The highest BCUT2D eigenvalue weighted by Crippen LogP contribution is 2.29. The van der Waals surface area contributed by atoms with Gasteiger partial charge in [0.15, 0.2) is 0 Å². The first kappa shape index (κ1) is 9.96. The molecule has 3 heteroatoms. The maximum Gasteiger partial charge on any atom is 0.104 e. The van der Waals surface area contributed by atoms with Crippen molar-refractivity contribution in [2.24, 2.45) is 5.92 Å². The molecule has 3 atom stereocenters. The molecule has 2 N–H and O–H groups in total. The van der Waals surface area contributed by atoms with Crippen LogP contribution in [0.3, 0.4) is 0 Å². The van der Waals surface area contributed by atoms with E-state index in [-0.39, 0.29) is 6.61 Å². The lowest BCUT2D eigenvalue weighted by Gasteiger charge is -2.30. The van der Waals surface area contributed by atoms with E-state index in [0.717, 1.165) is 12.8 Å². The van der Waals surface area contributed by atoms with Gasteiger partial charge in [0.25, 0.3) is 0 Å². The largest absolute Gasteiger partial charge is 0.396 e. The Bertz CT molecular complexity index is 138. The molecule has 3 unspecified atom stereocenters. The molecule has 0 heterocycles. The van der Waals surface area contributed by atoms with Crippen LogP contribution in [0.25, 0.3) is 0 Å². The van der Waals surface area contributed by atoms with Crippen molar-refractivity contribution in [2.75, 3.05) is 13.7 Å². The molecule has 0 aromatic carbocycles. The zero-order valence-corrected chi connectivity index (χ0v) is 7.90. The summed E-state index contributed by atoms with van der Waals surface area (Å²) in [6.45, 7) is 2.02. The fraction of sp³-hybridized carbons (Fsp3) is 1.00. The predicted octanol–water partition coefficient (Wildman–Crippen LogP) is 0.417. The summed E-state index contributed by atoms with van der Waals surface area (Å²) in [6.07, 6.45) is 2.97. The minimum absolute atomic E-state index is 0.252. The van der Waals surface area contributed by atoms with Crippen molar-refractivity contribution >= 4 is 0 Å². The third-order valence-electron chi connectivity index (χ3n) is 2.97. The maximum absolute atomic E-state index is 9.34. The molecule has 0 aromatic rings. The maximum atomic E-state index is 9.34. The van der Waals surface area contributed by atoms with Gasteiger partial charge in [0.1, 0.15) is 6.23 Å². The number of rotatable bonds is 3. The Morgan fingerprint density at radius 3 is 2.67 bits per heavy atom. The molecule has 0 bridgehead atoms. The van der Waals surface area contributed by atoms with Crippen molar-refractivity contribution in [1.29, 1.82) is 0 Å². The number of hydrogen-bond donors (Lipinski definition) is 2. The monoisotopic (exact) mass is 173 g/mol. The molecule has 3 nitrogen and oxygen atoms in total. The Morgan fingerprint density at radius 1 is 1.50 bits per heavy atom. The smallest absolute Gasteiger partial charge is 0.104 e. The lowest BCUT2D eigenvalue weighted by molar-refractivity contribution is -0.00961. The normalized spacial score (nSPS) is 32.8. The number of hydrogen-bond acceptors (Lipinski definition) is 3. The molecule has 0 spiro atoms. The molecule has 1 rings (SSSR count). The summed E-state index contributed by atoms with van der Waals surface area (Å²) in [5.41, 5.74) is 0. The van der Waals surface area contributed by atoms with E-state index in [1.54, 1.807) is 6.92 Å². The first-order valence-electron chi connectivity index (χ1n) is 4.67. The molecule has 0 aliphatic heterocycles. The Hall–Kier alpha value is -0.120. The van der Waals surface area contributed by atoms with Crippen LogP contribution in [-0.4, -0.2) is 41.0 Å². The lowest BCUT2D eigenvalue weighted by Crippen LogP contribution is -2.41. The molecular formula is C9H19NO2. The van der Waals surface area contributed by atoms with E-state index in [2.05, 4.69) is 0 Å². The van der Waals surface area contributed by atoms with Crippen molar-refractivity contribution in [3.8, 4) is 0 Å². The van der Waals surface area contributed by atoms with E-state index in [1.807, 2.05) is 11.9 Å². The van der Waals surface area contributed by atoms with Crippen molar-refractivity contribution in [2.45, 2.75) is 38.5 Å². The van der Waals surface area contributed by atoms with Crippen LogP contribution in [0.15, 0.2) is 0 Å². The van der Waals surface area contributed by atoms with Gasteiger partial charge in [0, 0.05) is 12.6 Å². The summed E-state index contributed by atoms with van der Waals surface area (Å²) in [6, 6.07) is 0.370. The predicted molar refractivity (Wildman–Crippen MR) is 47.7 cm³/mol. The van der Waals surface area contributed by atoms with Crippen LogP contribution in [0, 0.1) is 5.92 Å². The summed E-state index contributed by atoms with van der Waals surface area (Å²) in [5, 5.41) is 18.4. The summed E-state index contributed by atoms with van der Waals surface area (Å²) in [5.74, 6) is 0.365. The number of aliphatic hydroxyl groups excluding tert-OH is 2. The number of aliphatic hydroxyl groups is 2. The quantitative estimate of drug-likeness (QED) is 0.608. The van der Waals surface area contributed by atoms with Gasteiger partial charge < -0.3 is 10.2 Å². The Morgan fingerprint density at radius 2 is 2.17 bits per heavy atom. The average Bonchev–Trinajstić information content (AvgIpc) is 2.49. The highest BCUT2D eigenvalue weighted by atomic mass is 16.3. The second kappa shape index (κ2) is 4.21. The third kappa shape index (κ3) is 1.97. The molecule has 1 saturated carbocycles. The third-order valence-corrected chi connectivity index (χ3v) is 2.97. The summed E-state index contributed by atoms with van der Waals surface area (Å²) in [7, 11) is 1.92. The van der Waals surface area contributed by atoms with Crippen LogP contribution < -0.4 is 0 Å². The van der Waals surface area contributed by atoms with E-state index in [4.69, 9.17) is 5.11 Å². The minimum atomic E-state index is -0.401. The molecule has 1 aliphatic rings. The molecule has 72 valence electrons. The average molecular weight is 173 g/mol. The van der Waals surface area contributed by atoms with Crippen molar-refractivity contribution < 1.29 is 10.2 Å². The van der Waals surface area contributed by atoms with E-state index < -0.39 is 6.23 Å². The molecule has 0 aromatic heterocycles. The first-order valence-corrected chi connectivity index (χ1v) is 4.67. The van der Waals surface area contributed by atoms with Gasteiger partial charge >= 0.3 is 0 Å². The van der Waals surface area contributed by atoms with Crippen LogP contribution in [0.4, 0.5) is 0 Å². The van der Waals surface area contributed by atoms with Gasteiger partial charge in [-0.25, -0.2) is 0 Å². The number of nitrogens with zero attached hydrogens (tertiary/aromatic N) is 1.